The Bertz CT molecular complexity index is 1110. The molecule has 0 saturated carbocycles. The number of rotatable bonds is 4. The lowest BCUT2D eigenvalue weighted by Gasteiger charge is -2.32. The molecule has 0 fully saturated rings. The minimum Gasteiger partial charge on any atom is -0.497 e. The van der Waals surface area contributed by atoms with Crippen molar-refractivity contribution in [1.82, 2.24) is 15.1 Å². The summed E-state index contributed by atoms with van der Waals surface area (Å²) in [7, 11) is 3.38. The SMILES string of the molecule is COc1ccc([C@@H]2c3c(C)nn(C)c3NC(=O)[C@H]2NC(=O)c2ccc(Cl)cc2)cc1. The van der Waals surface area contributed by atoms with Crippen molar-refractivity contribution in [3.05, 3.63) is 75.9 Å². The molecule has 1 aliphatic rings. The average Bonchev–Trinajstić information content (AvgIpc) is 3.02. The topological polar surface area (TPSA) is 85.2 Å². The summed E-state index contributed by atoms with van der Waals surface area (Å²) < 4.78 is 6.91. The zero-order valence-corrected chi connectivity index (χ0v) is 17.5. The molecule has 2 atom stereocenters. The lowest BCUT2D eigenvalue weighted by Crippen LogP contribution is -2.50. The third-order valence-corrected chi connectivity index (χ3v) is 5.56. The molecule has 8 heteroatoms. The standard InChI is InChI=1S/C22H21ClN4O3/c1-12-17-18(13-6-10-16(30-3)11-7-13)19(22(29)25-20(17)27(2)26-12)24-21(28)14-4-8-15(23)9-5-14/h4-11,18-19H,1-3H3,(H,24,28)(H,25,29)/t18-,19+/m1/s1. The van der Waals surface area contributed by atoms with Gasteiger partial charge in [-0.2, -0.15) is 5.10 Å². The first kappa shape index (κ1) is 20.0. The zero-order valence-electron chi connectivity index (χ0n) is 16.8. The zero-order chi connectivity index (χ0) is 21.4. The van der Waals surface area contributed by atoms with Gasteiger partial charge in [-0.05, 0) is 48.9 Å². The molecule has 30 heavy (non-hydrogen) atoms. The van der Waals surface area contributed by atoms with Crippen LogP contribution in [0.2, 0.25) is 5.02 Å². The summed E-state index contributed by atoms with van der Waals surface area (Å²) in [6.07, 6.45) is 0. The predicted octanol–water partition coefficient (Wildman–Crippen LogP) is 3.27. The lowest BCUT2D eigenvalue weighted by molar-refractivity contribution is -0.118. The Labute approximate surface area is 179 Å². The van der Waals surface area contributed by atoms with E-state index >= 15 is 0 Å². The normalized spacial score (nSPS) is 17.8. The van der Waals surface area contributed by atoms with E-state index in [-0.39, 0.29) is 11.8 Å². The highest BCUT2D eigenvalue weighted by molar-refractivity contribution is 6.30. The molecule has 2 N–H and O–H groups in total. The Morgan fingerprint density at radius 1 is 1.17 bits per heavy atom. The van der Waals surface area contributed by atoms with Gasteiger partial charge in [0.1, 0.15) is 17.6 Å². The summed E-state index contributed by atoms with van der Waals surface area (Å²) in [5, 5.41) is 10.8. The van der Waals surface area contributed by atoms with E-state index in [1.165, 1.54) is 0 Å². The fourth-order valence-electron chi connectivity index (χ4n) is 3.85. The molecule has 0 aliphatic carbocycles. The van der Waals surface area contributed by atoms with E-state index in [0.717, 1.165) is 16.8 Å². The molecule has 0 bridgehead atoms. The van der Waals surface area contributed by atoms with Gasteiger partial charge in [0.2, 0.25) is 5.91 Å². The number of ether oxygens (including phenoxy) is 1. The molecule has 1 aromatic heterocycles. The van der Waals surface area contributed by atoms with Crippen LogP contribution in [0.3, 0.4) is 0 Å². The van der Waals surface area contributed by atoms with Gasteiger partial charge < -0.3 is 15.4 Å². The van der Waals surface area contributed by atoms with Crippen molar-refractivity contribution >= 4 is 29.2 Å². The van der Waals surface area contributed by atoms with Gasteiger partial charge in [0.15, 0.2) is 0 Å². The molecule has 0 unspecified atom stereocenters. The first-order chi connectivity index (χ1) is 14.4. The maximum atomic E-state index is 13.0. The summed E-state index contributed by atoms with van der Waals surface area (Å²) >= 11 is 5.92. The van der Waals surface area contributed by atoms with E-state index in [1.807, 2.05) is 31.2 Å². The van der Waals surface area contributed by atoms with Crippen molar-refractivity contribution in [3.8, 4) is 5.75 Å². The minimum atomic E-state index is -0.808. The van der Waals surface area contributed by atoms with Gasteiger partial charge in [0.05, 0.1) is 12.8 Å². The van der Waals surface area contributed by atoms with Crippen LogP contribution in [0.4, 0.5) is 5.82 Å². The molecular weight excluding hydrogens is 404 g/mol. The molecule has 2 aromatic carbocycles. The molecule has 3 aromatic rings. The van der Waals surface area contributed by atoms with Crippen LogP contribution in [0.1, 0.15) is 33.1 Å². The van der Waals surface area contributed by atoms with Crippen LogP contribution in [-0.4, -0.2) is 34.7 Å². The Kier molecular flexibility index (Phi) is 5.22. The van der Waals surface area contributed by atoms with Gasteiger partial charge in [-0.25, -0.2) is 0 Å². The summed E-state index contributed by atoms with van der Waals surface area (Å²) in [6, 6.07) is 13.2. The fourth-order valence-corrected chi connectivity index (χ4v) is 3.98. The van der Waals surface area contributed by atoms with Crippen molar-refractivity contribution in [1.29, 1.82) is 0 Å². The Balaban J connectivity index is 1.76. The monoisotopic (exact) mass is 424 g/mol. The number of carbonyl (C=O) groups excluding carboxylic acids is 2. The smallest absolute Gasteiger partial charge is 0.251 e. The quantitative estimate of drug-likeness (QED) is 0.673. The third kappa shape index (κ3) is 3.52. The van der Waals surface area contributed by atoms with Gasteiger partial charge >= 0.3 is 0 Å². The summed E-state index contributed by atoms with van der Waals surface area (Å²) in [5.74, 6) is 0.299. The number of fused-ring (bicyclic) bond motifs is 1. The maximum Gasteiger partial charge on any atom is 0.251 e. The number of anilines is 1. The fraction of sp³-hybridized carbons (Fsp3) is 0.227. The van der Waals surface area contributed by atoms with Crippen molar-refractivity contribution in [2.75, 3.05) is 12.4 Å². The molecule has 2 amide bonds. The summed E-state index contributed by atoms with van der Waals surface area (Å²) in [4.78, 5) is 25.9. The number of methoxy groups -OCH3 is 1. The van der Waals surface area contributed by atoms with Gasteiger partial charge in [-0.15, -0.1) is 0 Å². The van der Waals surface area contributed by atoms with Crippen molar-refractivity contribution in [2.24, 2.45) is 7.05 Å². The van der Waals surface area contributed by atoms with E-state index in [9.17, 15) is 9.59 Å². The van der Waals surface area contributed by atoms with Crippen LogP contribution in [-0.2, 0) is 11.8 Å². The Morgan fingerprint density at radius 3 is 2.47 bits per heavy atom. The lowest BCUT2D eigenvalue weighted by atomic mass is 9.82. The number of aryl methyl sites for hydroxylation is 2. The van der Waals surface area contributed by atoms with E-state index < -0.39 is 12.0 Å². The van der Waals surface area contributed by atoms with Crippen molar-refractivity contribution in [3.63, 3.8) is 0 Å². The number of amides is 2. The van der Waals surface area contributed by atoms with E-state index in [2.05, 4.69) is 15.7 Å². The second-order valence-corrected chi connectivity index (χ2v) is 7.61. The first-order valence-electron chi connectivity index (χ1n) is 9.43. The predicted molar refractivity (Wildman–Crippen MR) is 114 cm³/mol. The van der Waals surface area contributed by atoms with Crippen molar-refractivity contribution < 1.29 is 14.3 Å². The molecule has 1 aliphatic heterocycles. The largest absolute Gasteiger partial charge is 0.497 e. The minimum absolute atomic E-state index is 0.298. The summed E-state index contributed by atoms with van der Waals surface area (Å²) in [6.45, 7) is 1.89. The van der Waals surface area contributed by atoms with Gasteiger partial charge in [-0.3, -0.25) is 14.3 Å². The number of benzene rings is 2. The van der Waals surface area contributed by atoms with Crippen LogP contribution in [0.25, 0.3) is 0 Å². The number of aromatic nitrogens is 2. The third-order valence-electron chi connectivity index (χ3n) is 5.30. The van der Waals surface area contributed by atoms with Gasteiger partial charge in [0.25, 0.3) is 5.91 Å². The molecular formula is C22H21ClN4O3. The van der Waals surface area contributed by atoms with Crippen LogP contribution in [0, 0.1) is 6.92 Å². The van der Waals surface area contributed by atoms with E-state index in [0.29, 0.717) is 22.2 Å². The first-order valence-corrected chi connectivity index (χ1v) is 9.81. The molecule has 0 spiro atoms. The molecule has 0 saturated heterocycles. The van der Waals surface area contributed by atoms with Crippen LogP contribution < -0.4 is 15.4 Å². The second kappa shape index (κ2) is 7.84. The molecule has 0 radical (unpaired) electrons. The number of hydrogen-bond donors (Lipinski definition) is 2. The highest BCUT2D eigenvalue weighted by atomic mass is 35.5. The number of hydrogen-bond acceptors (Lipinski definition) is 4. The molecule has 7 nitrogen and oxygen atoms in total. The molecule has 2 heterocycles. The number of halogens is 1. The number of nitrogens with zero attached hydrogens (tertiary/aromatic N) is 2. The van der Waals surface area contributed by atoms with Crippen LogP contribution in [0.15, 0.2) is 48.5 Å². The van der Waals surface area contributed by atoms with Crippen LogP contribution in [0.5, 0.6) is 5.75 Å². The Morgan fingerprint density at radius 2 is 1.83 bits per heavy atom. The van der Waals surface area contributed by atoms with Crippen LogP contribution >= 0.6 is 11.6 Å². The highest BCUT2D eigenvalue weighted by Crippen LogP contribution is 2.39. The average molecular weight is 425 g/mol. The Hall–Kier alpha value is -3.32. The van der Waals surface area contributed by atoms with Crippen molar-refractivity contribution in [2.45, 2.75) is 18.9 Å². The molecule has 4 rings (SSSR count). The molecule has 154 valence electrons. The summed E-state index contributed by atoms with van der Waals surface area (Å²) in [5.41, 5.74) is 2.97. The number of carbonyl (C=O) groups is 2. The van der Waals surface area contributed by atoms with E-state index in [1.54, 1.807) is 43.1 Å². The second-order valence-electron chi connectivity index (χ2n) is 7.17. The maximum absolute atomic E-state index is 13.0. The van der Waals surface area contributed by atoms with Gasteiger partial charge in [-0.1, -0.05) is 23.7 Å². The van der Waals surface area contributed by atoms with Gasteiger partial charge in [0, 0.05) is 29.1 Å². The number of nitrogens with one attached hydrogen (secondary N) is 2. The highest BCUT2D eigenvalue weighted by Gasteiger charge is 2.41. The van der Waals surface area contributed by atoms with E-state index in [4.69, 9.17) is 16.3 Å².